The van der Waals surface area contributed by atoms with Crippen molar-refractivity contribution >= 4 is 28.5 Å². The molecule has 1 unspecified atom stereocenters. The molecule has 2 aromatic carbocycles. The van der Waals surface area contributed by atoms with Gasteiger partial charge in [0.25, 0.3) is 0 Å². The monoisotopic (exact) mass is 302 g/mol. The molecule has 0 radical (unpaired) electrons. The molecule has 3 nitrogen and oxygen atoms in total. The molecule has 0 bridgehead atoms. The molecule has 2 aromatic rings. The predicted molar refractivity (Wildman–Crippen MR) is 86.5 cm³/mol. The first-order chi connectivity index (χ1) is 10.1. The number of rotatable bonds is 6. The van der Waals surface area contributed by atoms with Crippen LogP contribution in [0.3, 0.4) is 0 Å². The molecule has 0 saturated carbocycles. The van der Waals surface area contributed by atoms with E-state index in [9.17, 15) is 9.90 Å². The van der Waals surface area contributed by atoms with Crippen molar-refractivity contribution in [2.75, 3.05) is 12.4 Å². The molecule has 0 aliphatic heterocycles. The average molecular weight is 302 g/mol. The van der Waals surface area contributed by atoms with E-state index < -0.39 is 12.1 Å². The van der Waals surface area contributed by atoms with Crippen molar-refractivity contribution in [2.24, 2.45) is 0 Å². The van der Waals surface area contributed by atoms with Gasteiger partial charge in [-0.2, -0.15) is 0 Å². The summed E-state index contributed by atoms with van der Waals surface area (Å²) in [5, 5.41) is 12.2. The van der Waals surface area contributed by atoms with Crippen LogP contribution in [-0.4, -0.2) is 29.5 Å². The maximum Gasteiger partial charge on any atom is 0.333 e. The van der Waals surface area contributed by atoms with E-state index >= 15 is 0 Å². The fourth-order valence-electron chi connectivity index (χ4n) is 1.85. The second-order valence-electron chi connectivity index (χ2n) is 4.82. The molecule has 0 amide bonds. The van der Waals surface area contributed by atoms with Gasteiger partial charge >= 0.3 is 5.97 Å². The Morgan fingerprint density at radius 3 is 2.76 bits per heavy atom. The summed E-state index contributed by atoms with van der Waals surface area (Å²) < 4.78 is 4.94. The van der Waals surface area contributed by atoms with Crippen LogP contribution in [0.15, 0.2) is 59.5 Å². The highest BCUT2D eigenvalue weighted by Crippen LogP contribution is 2.28. The molecular weight excluding hydrogens is 284 g/mol. The summed E-state index contributed by atoms with van der Waals surface area (Å²) in [6.45, 7) is 5.07. The zero-order chi connectivity index (χ0) is 15.2. The second-order valence-corrected chi connectivity index (χ2v) is 5.88. The zero-order valence-corrected chi connectivity index (χ0v) is 12.7. The van der Waals surface area contributed by atoms with Crippen LogP contribution in [0.2, 0.25) is 0 Å². The number of hydrogen-bond acceptors (Lipinski definition) is 4. The van der Waals surface area contributed by atoms with Crippen LogP contribution in [0.5, 0.6) is 0 Å². The highest BCUT2D eigenvalue weighted by molar-refractivity contribution is 7.99. The lowest BCUT2D eigenvalue weighted by molar-refractivity contribution is -0.141. The van der Waals surface area contributed by atoms with Gasteiger partial charge in [0.1, 0.15) is 6.61 Å². The third-order valence-electron chi connectivity index (χ3n) is 2.94. The highest BCUT2D eigenvalue weighted by atomic mass is 32.2. The van der Waals surface area contributed by atoms with Crippen LogP contribution in [0.4, 0.5) is 0 Å². The number of fused-ring (bicyclic) bond motifs is 1. The molecule has 4 heteroatoms. The van der Waals surface area contributed by atoms with Crippen LogP contribution >= 0.6 is 11.8 Å². The van der Waals surface area contributed by atoms with Crippen molar-refractivity contribution < 1.29 is 14.6 Å². The number of hydrogen-bond donors (Lipinski definition) is 1. The number of ether oxygens (including phenoxy) is 1. The minimum Gasteiger partial charge on any atom is -0.460 e. The van der Waals surface area contributed by atoms with Crippen molar-refractivity contribution in [3.05, 3.63) is 54.6 Å². The Balaban J connectivity index is 1.92. The van der Waals surface area contributed by atoms with Crippen LogP contribution in [-0.2, 0) is 9.53 Å². The number of esters is 1. The van der Waals surface area contributed by atoms with Gasteiger partial charge in [-0.3, -0.25) is 0 Å². The molecule has 1 atom stereocenters. The summed E-state index contributed by atoms with van der Waals surface area (Å²) in [4.78, 5) is 12.4. The first-order valence-corrected chi connectivity index (χ1v) is 7.67. The Kier molecular flexibility index (Phi) is 5.42. The minimum absolute atomic E-state index is 0.0105. The number of aliphatic hydroxyl groups is 1. The van der Waals surface area contributed by atoms with Gasteiger partial charge in [-0.25, -0.2) is 4.79 Å². The van der Waals surface area contributed by atoms with Crippen molar-refractivity contribution in [2.45, 2.75) is 17.9 Å². The van der Waals surface area contributed by atoms with Crippen molar-refractivity contribution in [3.8, 4) is 0 Å². The fourth-order valence-corrected chi connectivity index (χ4v) is 2.84. The Morgan fingerprint density at radius 2 is 2.00 bits per heavy atom. The van der Waals surface area contributed by atoms with E-state index in [1.807, 2.05) is 24.3 Å². The summed E-state index contributed by atoms with van der Waals surface area (Å²) in [7, 11) is 0. The summed E-state index contributed by atoms with van der Waals surface area (Å²) in [6, 6.07) is 14.2. The third-order valence-corrected chi connectivity index (χ3v) is 4.15. The number of aliphatic hydroxyl groups excluding tert-OH is 1. The van der Waals surface area contributed by atoms with E-state index in [4.69, 9.17) is 4.74 Å². The molecule has 0 aliphatic rings. The largest absolute Gasteiger partial charge is 0.460 e. The Bertz CT molecular complexity index is 646. The first kappa shape index (κ1) is 15.6. The molecule has 21 heavy (non-hydrogen) atoms. The van der Waals surface area contributed by atoms with Gasteiger partial charge < -0.3 is 9.84 Å². The normalized spacial score (nSPS) is 12.1. The Hall–Kier alpha value is -1.78. The third kappa shape index (κ3) is 4.34. The van der Waals surface area contributed by atoms with Gasteiger partial charge in [0.2, 0.25) is 0 Å². The average Bonchev–Trinajstić information content (AvgIpc) is 2.50. The van der Waals surface area contributed by atoms with Gasteiger partial charge in [0.05, 0.1) is 6.10 Å². The quantitative estimate of drug-likeness (QED) is 0.504. The summed E-state index contributed by atoms with van der Waals surface area (Å²) in [6.07, 6.45) is -0.697. The molecular formula is C17H18O3S. The van der Waals surface area contributed by atoms with Crippen molar-refractivity contribution in [3.63, 3.8) is 0 Å². The zero-order valence-electron chi connectivity index (χ0n) is 11.9. The van der Waals surface area contributed by atoms with Gasteiger partial charge in [-0.05, 0) is 23.8 Å². The molecule has 0 saturated heterocycles. The maximum absolute atomic E-state index is 11.3. The molecule has 0 fully saturated rings. The first-order valence-electron chi connectivity index (χ1n) is 6.69. The molecule has 110 valence electrons. The number of benzene rings is 2. The lowest BCUT2D eigenvalue weighted by atomic mass is 10.1. The number of carbonyl (C=O) groups excluding carboxylic acids is 1. The Labute approximate surface area is 128 Å². The second kappa shape index (κ2) is 7.29. The fraction of sp³-hybridized carbons (Fsp3) is 0.235. The summed E-state index contributed by atoms with van der Waals surface area (Å²) in [5.41, 5.74) is 0.337. The number of thioether (sulfide) groups is 1. The molecule has 0 spiro atoms. The van der Waals surface area contributed by atoms with Crippen molar-refractivity contribution in [1.29, 1.82) is 0 Å². The van der Waals surface area contributed by atoms with Crippen LogP contribution in [0, 0.1) is 0 Å². The van der Waals surface area contributed by atoms with Gasteiger partial charge in [0, 0.05) is 16.2 Å². The highest BCUT2D eigenvalue weighted by Gasteiger charge is 2.10. The van der Waals surface area contributed by atoms with Gasteiger partial charge in [-0.15, -0.1) is 11.8 Å². The van der Waals surface area contributed by atoms with Crippen LogP contribution < -0.4 is 0 Å². The van der Waals surface area contributed by atoms with E-state index in [0.29, 0.717) is 11.3 Å². The van der Waals surface area contributed by atoms with E-state index in [-0.39, 0.29) is 6.61 Å². The number of carbonyl (C=O) groups is 1. The topological polar surface area (TPSA) is 46.5 Å². The minimum atomic E-state index is -0.697. The SMILES string of the molecule is C=C(C)C(=O)OCC(O)CSc1cccc2ccccc12. The van der Waals surface area contributed by atoms with Gasteiger partial charge in [-0.1, -0.05) is 43.0 Å². The smallest absolute Gasteiger partial charge is 0.333 e. The van der Waals surface area contributed by atoms with Gasteiger partial charge in [0.15, 0.2) is 0 Å². The standard InChI is InChI=1S/C17H18O3S/c1-12(2)17(19)20-10-14(18)11-21-16-9-5-7-13-6-3-4-8-15(13)16/h3-9,14,18H,1,10-11H2,2H3. The molecule has 0 heterocycles. The molecule has 1 N–H and O–H groups in total. The van der Waals surface area contributed by atoms with Crippen LogP contribution in [0.25, 0.3) is 10.8 Å². The maximum atomic E-state index is 11.3. The van der Waals surface area contributed by atoms with E-state index in [0.717, 1.165) is 10.3 Å². The summed E-state index contributed by atoms with van der Waals surface area (Å²) in [5.74, 6) is 0.00140. The molecule has 0 aliphatic carbocycles. The van der Waals surface area contributed by atoms with Crippen LogP contribution in [0.1, 0.15) is 6.92 Å². The lowest BCUT2D eigenvalue weighted by Crippen LogP contribution is -2.21. The van der Waals surface area contributed by atoms with Crippen molar-refractivity contribution in [1.82, 2.24) is 0 Å². The molecule has 2 rings (SSSR count). The van der Waals surface area contributed by atoms with E-state index in [2.05, 4.69) is 24.8 Å². The predicted octanol–water partition coefficient (Wildman–Crippen LogP) is 3.41. The Morgan fingerprint density at radius 1 is 1.29 bits per heavy atom. The van der Waals surface area contributed by atoms with E-state index in [1.54, 1.807) is 18.7 Å². The summed E-state index contributed by atoms with van der Waals surface area (Å²) >= 11 is 1.55. The lowest BCUT2D eigenvalue weighted by Gasteiger charge is -2.12. The van der Waals surface area contributed by atoms with E-state index in [1.165, 1.54) is 5.39 Å². The molecule has 0 aromatic heterocycles.